The number of carbonyl (C=O) groups excluding carboxylic acids is 8. The number of ether oxygens (including phenoxy) is 2. The van der Waals surface area contributed by atoms with Gasteiger partial charge in [0.2, 0.25) is 29.5 Å². The average molecular weight is 1030 g/mol. The van der Waals surface area contributed by atoms with Gasteiger partial charge in [0.05, 0.1) is 11.3 Å². The van der Waals surface area contributed by atoms with E-state index < -0.39 is 78.2 Å². The Morgan fingerprint density at radius 2 is 1.76 bits per heavy atom. The number of esters is 1. The third-order valence-electron chi connectivity index (χ3n) is 13.1. The lowest BCUT2D eigenvalue weighted by atomic mass is 9.95. The van der Waals surface area contributed by atoms with Crippen molar-refractivity contribution in [2.45, 2.75) is 172 Å². The van der Waals surface area contributed by atoms with Gasteiger partial charge in [-0.05, 0) is 68.6 Å². The first kappa shape index (κ1) is 56.5. The number of thioether (sulfide) groups is 1. The maximum atomic E-state index is 14.4. The SMILES string of the molecule is CCCC(NC(=O)[C@H]1CCCCN1C(=O)CCCCN1C(=O)CC(SC(C)C)C1=O)C(=O)N(C)[C@H](C[C@@H](OC(C)=O)c1nc(C(=O)N[C@@H](Cc2ccccc2)C2OC2(C)C(=O)NCC(=O)O)cs1)C(C)C. The molecule has 71 heavy (non-hydrogen) atoms. The Morgan fingerprint density at radius 1 is 1.04 bits per heavy atom. The van der Waals surface area contributed by atoms with Gasteiger partial charge in [-0.1, -0.05) is 71.4 Å². The molecule has 0 spiro atoms. The van der Waals surface area contributed by atoms with E-state index in [1.54, 1.807) is 16.8 Å². The van der Waals surface area contributed by atoms with Gasteiger partial charge in [-0.2, -0.15) is 0 Å². The molecule has 390 valence electrons. The third kappa shape index (κ3) is 15.3. The minimum Gasteiger partial charge on any atom is -0.480 e. The van der Waals surface area contributed by atoms with Crippen molar-refractivity contribution in [1.29, 1.82) is 0 Å². The molecule has 21 heteroatoms. The first-order chi connectivity index (χ1) is 33.6. The van der Waals surface area contributed by atoms with Crippen molar-refractivity contribution in [1.82, 2.24) is 35.6 Å². The van der Waals surface area contributed by atoms with Crippen LogP contribution in [0.15, 0.2) is 35.7 Å². The Labute approximate surface area is 424 Å². The number of nitrogens with one attached hydrogen (secondary N) is 3. The fourth-order valence-electron chi connectivity index (χ4n) is 9.33. The van der Waals surface area contributed by atoms with Crippen molar-refractivity contribution in [2.24, 2.45) is 5.92 Å². The molecule has 5 rings (SSSR count). The highest BCUT2D eigenvalue weighted by Gasteiger charge is 2.62. The number of rotatable bonds is 26. The molecular formula is C50H71N7O12S2. The second-order valence-corrected chi connectivity index (χ2v) is 22.0. The number of benzene rings is 1. The van der Waals surface area contributed by atoms with Gasteiger partial charge in [0, 0.05) is 57.7 Å². The zero-order valence-corrected chi connectivity index (χ0v) is 43.7. The van der Waals surface area contributed by atoms with Gasteiger partial charge < -0.3 is 40.3 Å². The molecule has 1 aromatic carbocycles. The monoisotopic (exact) mass is 1030 g/mol. The normalized spacial score (nSPS) is 21.6. The lowest BCUT2D eigenvalue weighted by Crippen LogP contribution is -2.57. The van der Waals surface area contributed by atoms with Crippen LogP contribution < -0.4 is 16.0 Å². The number of imide groups is 1. The largest absolute Gasteiger partial charge is 0.480 e. The molecule has 0 aliphatic carbocycles. The van der Waals surface area contributed by atoms with Crippen LogP contribution in [0.3, 0.4) is 0 Å². The number of hydrogen-bond donors (Lipinski definition) is 4. The highest BCUT2D eigenvalue weighted by molar-refractivity contribution is 8.01. The molecule has 3 aliphatic heterocycles. The highest BCUT2D eigenvalue weighted by atomic mass is 32.2. The predicted molar refractivity (Wildman–Crippen MR) is 266 cm³/mol. The molecular weight excluding hydrogens is 955 g/mol. The number of carboxylic acids is 1. The van der Waals surface area contributed by atoms with Gasteiger partial charge in [0.1, 0.15) is 35.4 Å². The van der Waals surface area contributed by atoms with Crippen LogP contribution in [0, 0.1) is 5.92 Å². The van der Waals surface area contributed by atoms with Gasteiger partial charge in [0.25, 0.3) is 11.8 Å². The number of epoxide rings is 1. The first-order valence-electron chi connectivity index (χ1n) is 24.7. The van der Waals surface area contributed by atoms with Gasteiger partial charge in [0.15, 0.2) is 11.7 Å². The molecule has 4 heterocycles. The fourth-order valence-corrected chi connectivity index (χ4v) is 11.3. The number of unbranched alkanes of at least 4 members (excludes halogenated alkanes) is 1. The second kappa shape index (κ2) is 25.8. The number of likely N-dealkylation sites (tertiary alicyclic amines) is 2. The Bertz CT molecular complexity index is 2240. The number of carboxylic acid groups (broad SMARTS) is 1. The van der Waals surface area contributed by atoms with Crippen molar-refractivity contribution in [3.05, 3.63) is 52.0 Å². The quantitative estimate of drug-likeness (QED) is 0.0441. The van der Waals surface area contributed by atoms with Gasteiger partial charge in [-0.15, -0.1) is 23.1 Å². The second-order valence-electron chi connectivity index (χ2n) is 19.3. The van der Waals surface area contributed by atoms with E-state index in [-0.39, 0.29) is 78.0 Å². The standard InChI is InChI=1S/C50H71N7O12S2/c1-9-17-33(52-45(64)36-20-13-15-22-56(36)40(59)21-14-16-23-57-41(60)26-39(48(57)66)71-30(4)5)47(65)55(8)37(29(2)3)25-38(68-31(6)58)46-54-35(28-70-46)44(63)53-34(24-32-18-11-10-12-19-32)43-50(7,69-43)49(67)51-27-42(61)62/h10-12,18-19,28-30,33-34,36-39,43H,9,13-17,20-27H2,1-8H3,(H,51,67)(H,52,64)(H,53,63)(H,61,62)/t33?,34-,36+,37+,38+,39?,43?,50?/m0/s1. The number of aromatic nitrogens is 1. The van der Waals surface area contributed by atoms with Gasteiger partial charge >= 0.3 is 11.9 Å². The average Bonchev–Trinajstić information content (AvgIpc) is 3.64. The summed E-state index contributed by atoms with van der Waals surface area (Å²) in [6.45, 7) is 12.6. The number of thiazole rings is 1. The van der Waals surface area contributed by atoms with Gasteiger partial charge in [-0.3, -0.25) is 48.1 Å². The summed E-state index contributed by atoms with van der Waals surface area (Å²) in [5, 5.41) is 19.0. The molecule has 4 unspecified atom stereocenters. The zero-order chi connectivity index (χ0) is 52.2. The first-order valence-corrected chi connectivity index (χ1v) is 26.5. The van der Waals surface area contributed by atoms with E-state index in [4.69, 9.17) is 14.6 Å². The Kier molecular flexibility index (Phi) is 20.5. The van der Waals surface area contributed by atoms with Crippen LogP contribution in [0.2, 0.25) is 0 Å². The number of hydrogen-bond acceptors (Lipinski definition) is 14. The summed E-state index contributed by atoms with van der Waals surface area (Å²) in [4.78, 5) is 127. The molecule has 0 saturated carbocycles. The van der Waals surface area contributed by atoms with E-state index >= 15 is 0 Å². The van der Waals surface area contributed by atoms with Crippen molar-refractivity contribution >= 4 is 76.4 Å². The van der Waals surface area contributed by atoms with E-state index in [1.165, 1.54) is 35.9 Å². The van der Waals surface area contributed by atoms with Crippen LogP contribution >= 0.6 is 23.1 Å². The van der Waals surface area contributed by atoms with Crippen LogP contribution in [-0.2, 0) is 54.3 Å². The van der Waals surface area contributed by atoms with Crippen LogP contribution in [0.1, 0.15) is 140 Å². The molecule has 2 aromatic rings. The Hall–Kier alpha value is -5.41. The lowest BCUT2D eigenvalue weighted by Gasteiger charge is -2.38. The van der Waals surface area contributed by atoms with Crippen molar-refractivity contribution in [2.75, 3.05) is 26.7 Å². The molecule has 3 fully saturated rings. The highest BCUT2D eigenvalue weighted by Crippen LogP contribution is 2.40. The molecule has 0 radical (unpaired) electrons. The third-order valence-corrected chi connectivity index (χ3v) is 15.3. The van der Waals surface area contributed by atoms with Crippen molar-refractivity contribution in [3.8, 4) is 0 Å². The summed E-state index contributed by atoms with van der Waals surface area (Å²) < 4.78 is 11.6. The molecule has 1 aromatic heterocycles. The van der Waals surface area contributed by atoms with E-state index in [0.717, 1.165) is 29.7 Å². The summed E-state index contributed by atoms with van der Waals surface area (Å²) >= 11 is 2.58. The number of carbonyl (C=O) groups is 9. The molecule has 0 bridgehead atoms. The topological polar surface area (TPSA) is 254 Å². The zero-order valence-electron chi connectivity index (χ0n) is 42.1. The summed E-state index contributed by atoms with van der Waals surface area (Å²) in [5.41, 5.74) is -0.514. The Balaban J connectivity index is 1.23. The Morgan fingerprint density at radius 3 is 2.41 bits per heavy atom. The maximum Gasteiger partial charge on any atom is 0.322 e. The summed E-state index contributed by atoms with van der Waals surface area (Å²) in [6.07, 6.45) is 2.68. The molecule has 3 aliphatic rings. The smallest absolute Gasteiger partial charge is 0.322 e. The molecule has 3 saturated heterocycles. The summed E-state index contributed by atoms with van der Waals surface area (Å²) in [7, 11) is 1.64. The number of likely N-dealkylation sites (N-methyl/N-ethyl adjacent to an activating group) is 1. The maximum absolute atomic E-state index is 14.4. The van der Waals surface area contributed by atoms with Crippen molar-refractivity contribution in [3.63, 3.8) is 0 Å². The molecule has 8 atom stereocenters. The number of amides is 7. The van der Waals surface area contributed by atoms with E-state index in [1.807, 2.05) is 65.0 Å². The van der Waals surface area contributed by atoms with Crippen LogP contribution in [0.25, 0.3) is 0 Å². The molecule has 4 N–H and O–H groups in total. The van der Waals surface area contributed by atoms with Crippen molar-refractivity contribution < 1.29 is 57.7 Å². The number of nitrogens with zero attached hydrogens (tertiary/aromatic N) is 4. The lowest BCUT2D eigenvalue weighted by molar-refractivity contribution is -0.149. The fraction of sp³-hybridized carbons (Fsp3) is 0.640. The van der Waals surface area contributed by atoms with E-state index in [2.05, 4.69) is 20.9 Å². The number of piperidine rings is 1. The van der Waals surface area contributed by atoms with Crippen LogP contribution in [0.4, 0.5) is 0 Å². The van der Waals surface area contributed by atoms with Crippen LogP contribution in [-0.4, -0.2) is 151 Å². The van der Waals surface area contributed by atoms with E-state index in [9.17, 15) is 43.2 Å². The van der Waals surface area contributed by atoms with Gasteiger partial charge in [-0.25, -0.2) is 4.98 Å². The van der Waals surface area contributed by atoms with E-state index in [0.29, 0.717) is 43.7 Å². The summed E-state index contributed by atoms with van der Waals surface area (Å²) in [6, 6.07) is 6.32. The molecule has 7 amide bonds. The summed E-state index contributed by atoms with van der Waals surface area (Å²) in [5.74, 6) is -4.54. The predicted octanol–water partition coefficient (Wildman–Crippen LogP) is 4.43. The minimum absolute atomic E-state index is 0.0221. The molecule has 19 nitrogen and oxygen atoms in total. The minimum atomic E-state index is -1.39. The van der Waals surface area contributed by atoms with Crippen LogP contribution in [0.5, 0.6) is 0 Å². The number of aliphatic carboxylic acids is 1.